The molecule has 1 aromatic heterocycles. The molecule has 3 nitrogen and oxygen atoms in total. The van der Waals surface area contributed by atoms with E-state index in [1.54, 1.807) is 6.07 Å². The first-order valence-corrected chi connectivity index (χ1v) is 3.62. The van der Waals surface area contributed by atoms with Crippen LogP contribution >= 0.6 is 0 Å². The van der Waals surface area contributed by atoms with Crippen molar-refractivity contribution in [3.63, 3.8) is 0 Å². The third kappa shape index (κ3) is 2.20. The highest BCUT2D eigenvalue weighted by molar-refractivity contribution is 5.30. The molecule has 0 saturated heterocycles. The molecule has 6 heteroatoms. The molecule has 0 aliphatic carbocycles. The summed E-state index contributed by atoms with van der Waals surface area (Å²) >= 11 is 0. The van der Waals surface area contributed by atoms with Crippen molar-refractivity contribution < 1.29 is 13.2 Å². The molecule has 14 heavy (non-hydrogen) atoms. The van der Waals surface area contributed by atoms with Gasteiger partial charge in [0.05, 0.1) is 5.56 Å². The Labute approximate surface area is 78.0 Å². The van der Waals surface area contributed by atoms with E-state index in [1.807, 2.05) is 0 Å². The van der Waals surface area contributed by atoms with Crippen LogP contribution in [0.2, 0.25) is 0 Å². The third-order valence-corrected chi connectivity index (χ3v) is 1.60. The summed E-state index contributed by atoms with van der Waals surface area (Å²) in [7, 11) is 0. The Morgan fingerprint density at radius 2 is 2.07 bits per heavy atom. The summed E-state index contributed by atoms with van der Waals surface area (Å²) in [4.78, 5) is 3.49. The van der Waals surface area contributed by atoms with E-state index in [2.05, 4.69) is 4.98 Å². The molecule has 1 aromatic rings. The van der Waals surface area contributed by atoms with Gasteiger partial charge in [-0.2, -0.15) is 18.4 Å². The minimum atomic E-state index is -4.52. The largest absolute Gasteiger partial charge is 0.407 e. The van der Waals surface area contributed by atoms with Gasteiger partial charge in [0, 0.05) is 12.4 Å². The first-order chi connectivity index (χ1) is 6.45. The number of pyridine rings is 1. The Kier molecular flexibility index (Phi) is 2.72. The molecular weight excluding hydrogens is 195 g/mol. The van der Waals surface area contributed by atoms with Crippen molar-refractivity contribution in [3.8, 4) is 6.07 Å². The number of hydrogen-bond donors (Lipinski definition) is 1. The van der Waals surface area contributed by atoms with Crippen LogP contribution in [0.15, 0.2) is 18.5 Å². The van der Waals surface area contributed by atoms with Crippen LogP contribution in [-0.2, 0) is 0 Å². The first-order valence-electron chi connectivity index (χ1n) is 3.62. The fourth-order valence-electron chi connectivity index (χ4n) is 0.878. The molecule has 0 aliphatic rings. The molecule has 74 valence electrons. The molecule has 1 heterocycles. The zero-order valence-electron chi connectivity index (χ0n) is 6.92. The second-order valence-corrected chi connectivity index (χ2v) is 2.64. The zero-order chi connectivity index (χ0) is 10.8. The van der Waals surface area contributed by atoms with Gasteiger partial charge in [0.2, 0.25) is 0 Å². The lowest BCUT2D eigenvalue weighted by atomic mass is 10.1. The minimum absolute atomic E-state index is 0.0576. The smallest absolute Gasteiger partial charge is 0.316 e. The number of nitrogens with zero attached hydrogens (tertiary/aromatic N) is 2. The highest BCUT2D eigenvalue weighted by Gasteiger charge is 2.38. The number of halogens is 3. The molecule has 0 bridgehead atoms. The predicted molar refractivity (Wildman–Crippen MR) is 41.9 cm³/mol. The quantitative estimate of drug-likeness (QED) is 0.749. The van der Waals surface area contributed by atoms with Crippen LogP contribution in [0.3, 0.4) is 0 Å². The van der Waals surface area contributed by atoms with Crippen molar-refractivity contribution in [2.45, 2.75) is 12.2 Å². The highest BCUT2D eigenvalue weighted by Crippen LogP contribution is 2.30. The maximum absolute atomic E-state index is 12.1. The second kappa shape index (κ2) is 3.64. The standard InChI is InChI=1S/C8H6F3N3/c9-8(10,11)7(13)6-1-5(2-12)3-14-4-6/h1,3-4,7H,13H2/t7-/m0/s1. The SMILES string of the molecule is N#Cc1cncc([C@H](N)C(F)(F)F)c1. The first kappa shape index (κ1) is 10.5. The van der Waals surface area contributed by atoms with Gasteiger partial charge in [-0.25, -0.2) is 0 Å². The summed E-state index contributed by atoms with van der Waals surface area (Å²) in [5.74, 6) is 0. The van der Waals surface area contributed by atoms with Crippen molar-refractivity contribution in [2.24, 2.45) is 5.73 Å². The molecular formula is C8H6F3N3. The topological polar surface area (TPSA) is 62.7 Å². The van der Waals surface area contributed by atoms with E-state index in [9.17, 15) is 13.2 Å². The summed E-state index contributed by atoms with van der Waals surface area (Å²) < 4.78 is 36.4. The van der Waals surface area contributed by atoms with Gasteiger partial charge in [0.1, 0.15) is 12.1 Å². The van der Waals surface area contributed by atoms with Gasteiger partial charge in [-0.05, 0) is 11.6 Å². The average Bonchev–Trinajstić information content (AvgIpc) is 2.15. The van der Waals surface area contributed by atoms with Gasteiger partial charge in [0.25, 0.3) is 0 Å². The van der Waals surface area contributed by atoms with Crippen LogP contribution in [0.1, 0.15) is 17.2 Å². The molecule has 0 spiro atoms. The van der Waals surface area contributed by atoms with Crippen molar-refractivity contribution in [1.82, 2.24) is 4.98 Å². The van der Waals surface area contributed by atoms with Gasteiger partial charge in [0.15, 0.2) is 0 Å². The lowest BCUT2D eigenvalue weighted by Gasteiger charge is -2.15. The number of nitrogens with two attached hydrogens (primary N) is 1. The van der Waals surface area contributed by atoms with Crippen LogP contribution < -0.4 is 5.73 Å². The van der Waals surface area contributed by atoms with Crippen LogP contribution in [0.25, 0.3) is 0 Å². The Morgan fingerprint density at radius 3 is 2.57 bits per heavy atom. The maximum Gasteiger partial charge on any atom is 0.407 e. The summed E-state index contributed by atoms with van der Waals surface area (Å²) in [6, 6.07) is 0.669. The Morgan fingerprint density at radius 1 is 1.43 bits per heavy atom. The Bertz CT molecular complexity index is 367. The molecule has 2 N–H and O–H groups in total. The third-order valence-electron chi connectivity index (χ3n) is 1.60. The average molecular weight is 201 g/mol. The predicted octanol–water partition coefficient (Wildman–Crippen LogP) is 1.52. The highest BCUT2D eigenvalue weighted by atomic mass is 19.4. The molecule has 0 amide bonds. The zero-order valence-corrected chi connectivity index (χ0v) is 6.92. The summed E-state index contributed by atoms with van der Waals surface area (Å²) in [5, 5.41) is 8.43. The van der Waals surface area contributed by atoms with Crippen molar-refractivity contribution in [3.05, 3.63) is 29.6 Å². The fraction of sp³-hybridized carbons (Fsp3) is 0.250. The number of aromatic nitrogens is 1. The number of hydrogen-bond acceptors (Lipinski definition) is 3. The van der Waals surface area contributed by atoms with Gasteiger partial charge >= 0.3 is 6.18 Å². The molecule has 0 fully saturated rings. The van der Waals surface area contributed by atoms with Crippen molar-refractivity contribution in [2.75, 3.05) is 0 Å². The van der Waals surface area contributed by atoms with E-state index in [-0.39, 0.29) is 11.1 Å². The van der Waals surface area contributed by atoms with E-state index in [4.69, 9.17) is 11.0 Å². The number of alkyl halides is 3. The van der Waals surface area contributed by atoms with E-state index < -0.39 is 12.2 Å². The lowest BCUT2D eigenvalue weighted by Crippen LogP contribution is -2.28. The molecule has 0 unspecified atom stereocenters. The molecule has 0 saturated carbocycles. The van der Waals surface area contributed by atoms with Gasteiger partial charge < -0.3 is 5.73 Å². The van der Waals surface area contributed by atoms with Crippen LogP contribution in [0, 0.1) is 11.3 Å². The molecule has 0 aliphatic heterocycles. The van der Waals surface area contributed by atoms with E-state index in [1.165, 1.54) is 6.20 Å². The second-order valence-electron chi connectivity index (χ2n) is 2.64. The van der Waals surface area contributed by atoms with Gasteiger partial charge in [-0.15, -0.1) is 0 Å². The number of rotatable bonds is 1. The van der Waals surface area contributed by atoms with Crippen LogP contribution in [0.4, 0.5) is 13.2 Å². The summed E-state index contributed by atoms with van der Waals surface area (Å²) in [6.45, 7) is 0. The summed E-state index contributed by atoms with van der Waals surface area (Å²) in [5.41, 5.74) is 4.77. The maximum atomic E-state index is 12.1. The van der Waals surface area contributed by atoms with Crippen LogP contribution in [-0.4, -0.2) is 11.2 Å². The lowest BCUT2D eigenvalue weighted by molar-refractivity contribution is -0.149. The molecule has 0 aromatic carbocycles. The monoisotopic (exact) mass is 201 g/mol. The Hall–Kier alpha value is -1.61. The van der Waals surface area contributed by atoms with Crippen LogP contribution in [0.5, 0.6) is 0 Å². The fourth-order valence-corrected chi connectivity index (χ4v) is 0.878. The van der Waals surface area contributed by atoms with Gasteiger partial charge in [-0.3, -0.25) is 4.98 Å². The Balaban J connectivity index is 3.03. The van der Waals surface area contributed by atoms with Crippen molar-refractivity contribution >= 4 is 0 Å². The van der Waals surface area contributed by atoms with E-state index >= 15 is 0 Å². The normalized spacial score (nSPS) is 13.4. The molecule has 1 rings (SSSR count). The van der Waals surface area contributed by atoms with Gasteiger partial charge in [-0.1, -0.05) is 0 Å². The molecule has 1 atom stereocenters. The van der Waals surface area contributed by atoms with E-state index in [0.717, 1.165) is 12.3 Å². The van der Waals surface area contributed by atoms with Crippen molar-refractivity contribution in [1.29, 1.82) is 5.26 Å². The number of nitriles is 1. The van der Waals surface area contributed by atoms with E-state index in [0.29, 0.717) is 0 Å². The minimum Gasteiger partial charge on any atom is -0.316 e. The summed E-state index contributed by atoms with van der Waals surface area (Å²) in [6.07, 6.45) is -2.35. The molecule has 0 radical (unpaired) electrons.